The number of hydrogen-bond acceptors (Lipinski definition) is 7. The summed E-state index contributed by atoms with van der Waals surface area (Å²) in [5.74, 6) is 0.434. The maximum absolute atomic E-state index is 12.7. The van der Waals surface area contributed by atoms with Crippen molar-refractivity contribution < 1.29 is 24.1 Å². The fourth-order valence-electron chi connectivity index (χ4n) is 5.99. The number of aryl methyl sites for hydroxylation is 1. The second kappa shape index (κ2) is 11.7. The molecule has 230 valence electrons. The van der Waals surface area contributed by atoms with Gasteiger partial charge < -0.3 is 24.2 Å². The molecule has 0 aliphatic carbocycles. The normalized spacial score (nSPS) is 18.2. The maximum Gasteiger partial charge on any atom is 0.337 e. The van der Waals surface area contributed by atoms with E-state index in [-0.39, 0.29) is 5.60 Å². The van der Waals surface area contributed by atoms with E-state index in [4.69, 9.17) is 24.3 Å². The van der Waals surface area contributed by atoms with Gasteiger partial charge in [-0.3, -0.25) is 0 Å². The van der Waals surface area contributed by atoms with Gasteiger partial charge in [0.15, 0.2) is 11.8 Å². The Morgan fingerprint density at radius 3 is 2.50 bits per heavy atom. The molecule has 0 radical (unpaired) electrons. The van der Waals surface area contributed by atoms with E-state index >= 15 is 0 Å². The van der Waals surface area contributed by atoms with Crippen LogP contribution in [0.5, 0.6) is 5.75 Å². The highest BCUT2D eigenvalue weighted by Crippen LogP contribution is 2.39. The van der Waals surface area contributed by atoms with Crippen LogP contribution >= 0.6 is 0 Å². The Morgan fingerprint density at radius 1 is 1.02 bits per heavy atom. The van der Waals surface area contributed by atoms with Crippen molar-refractivity contribution in [3.8, 4) is 28.1 Å². The standard InChI is InChI=1S/C35H40N4O5/c1-23-30(31(33(40)41)44-34(2,3)4)32-38-17-15-35(5,16-18-38)43-20-9-8-19-42-28-14-7-6-13-26(28)24-11-10-12-25(21-24)27-22-29(36-23)39(32)37-27/h6-14,21-22,31H,15-20H2,1-5H3,(H,40,41)/b9-8-/t31-/m0/s1. The SMILES string of the molecule is Cc1nc2cc3nn2c(c1[C@H](OC(C)(C)C)C(=O)O)N1CCC(C)(CC1)OC/C=C\COc1ccccc1-c1cccc-3c1. The van der Waals surface area contributed by atoms with Gasteiger partial charge in [-0.05, 0) is 71.2 Å². The molecule has 7 rings (SSSR count). The highest BCUT2D eigenvalue weighted by atomic mass is 16.5. The lowest BCUT2D eigenvalue weighted by Crippen LogP contribution is -2.45. The first-order chi connectivity index (χ1) is 21.0. The summed E-state index contributed by atoms with van der Waals surface area (Å²) in [6.45, 7) is 11.8. The third-order valence-electron chi connectivity index (χ3n) is 8.27. The van der Waals surface area contributed by atoms with E-state index in [0.717, 1.165) is 41.0 Å². The van der Waals surface area contributed by atoms with Crippen LogP contribution in [0.15, 0.2) is 66.7 Å². The molecule has 1 fully saturated rings. The zero-order valence-corrected chi connectivity index (χ0v) is 26.0. The molecule has 0 unspecified atom stereocenters. The van der Waals surface area contributed by atoms with Crippen molar-refractivity contribution in [2.75, 3.05) is 31.2 Å². The molecule has 1 atom stereocenters. The Balaban J connectivity index is 1.55. The molecule has 0 amide bonds. The number of aliphatic carboxylic acids is 1. The van der Waals surface area contributed by atoms with Crippen LogP contribution in [-0.2, 0) is 14.3 Å². The molecule has 9 nitrogen and oxygen atoms in total. The van der Waals surface area contributed by atoms with Crippen LogP contribution in [-0.4, -0.2) is 63.2 Å². The van der Waals surface area contributed by atoms with E-state index in [1.807, 2.05) is 76.2 Å². The summed E-state index contributed by atoms with van der Waals surface area (Å²) < 4.78 is 20.5. The summed E-state index contributed by atoms with van der Waals surface area (Å²) in [6.07, 6.45) is 4.32. The van der Waals surface area contributed by atoms with Gasteiger partial charge in [0.2, 0.25) is 0 Å². The molecule has 3 aliphatic heterocycles. The Morgan fingerprint density at radius 2 is 1.75 bits per heavy atom. The minimum absolute atomic E-state index is 0.318. The number of anilines is 1. The Bertz CT molecular complexity index is 1710. The Hall–Kier alpha value is -4.21. The number of benzene rings is 2. The number of carbonyl (C=O) groups is 1. The topological polar surface area (TPSA) is 98.4 Å². The monoisotopic (exact) mass is 596 g/mol. The number of hydrogen-bond donors (Lipinski definition) is 1. The van der Waals surface area contributed by atoms with Crippen LogP contribution < -0.4 is 9.64 Å². The minimum atomic E-state index is -1.22. The molecule has 9 heteroatoms. The summed E-state index contributed by atoms with van der Waals surface area (Å²) in [5.41, 5.74) is 4.42. The number of nitrogens with zero attached hydrogens (tertiary/aromatic N) is 4. The highest BCUT2D eigenvalue weighted by molar-refractivity contribution is 5.80. The zero-order valence-electron chi connectivity index (χ0n) is 26.0. The fraction of sp³-hybridized carbons (Fsp3) is 0.400. The van der Waals surface area contributed by atoms with Gasteiger partial charge in [-0.25, -0.2) is 9.78 Å². The van der Waals surface area contributed by atoms with Crippen molar-refractivity contribution in [1.29, 1.82) is 0 Å². The van der Waals surface area contributed by atoms with Crippen molar-refractivity contribution in [3.05, 3.63) is 78.0 Å². The van der Waals surface area contributed by atoms with Crippen molar-refractivity contribution >= 4 is 17.4 Å². The van der Waals surface area contributed by atoms with E-state index in [0.29, 0.717) is 49.0 Å². The largest absolute Gasteiger partial charge is 0.489 e. The molecule has 3 aliphatic rings. The molecule has 1 N–H and O–H groups in total. The average molecular weight is 597 g/mol. The first-order valence-corrected chi connectivity index (χ1v) is 15.2. The van der Waals surface area contributed by atoms with Crippen LogP contribution in [0.1, 0.15) is 57.9 Å². The van der Waals surface area contributed by atoms with Crippen LogP contribution in [0.2, 0.25) is 0 Å². The van der Waals surface area contributed by atoms with Crippen LogP contribution in [0.25, 0.3) is 28.0 Å². The lowest BCUT2D eigenvalue weighted by Gasteiger charge is -2.41. The van der Waals surface area contributed by atoms with Gasteiger partial charge in [-0.2, -0.15) is 9.61 Å². The molecule has 0 saturated carbocycles. The predicted molar refractivity (Wildman–Crippen MR) is 170 cm³/mol. The van der Waals surface area contributed by atoms with E-state index in [9.17, 15) is 9.90 Å². The minimum Gasteiger partial charge on any atom is -0.489 e. The number of fused-ring (bicyclic) bond motifs is 6. The van der Waals surface area contributed by atoms with Gasteiger partial charge in [0.05, 0.1) is 29.1 Å². The van der Waals surface area contributed by atoms with Gasteiger partial charge in [0, 0.05) is 36.0 Å². The van der Waals surface area contributed by atoms with Crippen molar-refractivity contribution in [1.82, 2.24) is 14.6 Å². The summed E-state index contributed by atoms with van der Waals surface area (Å²) >= 11 is 0. The number of aromatic nitrogens is 3. The Labute approximate surface area is 258 Å². The second-order valence-electron chi connectivity index (χ2n) is 12.8. The van der Waals surface area contributed by atoms with E-state index in [2.05, 4.69) is 30.0 Å². The summed E-state index contributed by atoms with van der Waals surface area (Å²) in [6, 6.07) is 18.2. The number of piperidine rings is 1. The predicted octanol–water partition coefficient (Wildman–Crippen LogP) is 6.64. The van der Waals surface area contributed by atoms with E-state index < -0.39 is 17.7 Å². The van der Waals surface area contributed by atoms with Crippen molar-refractivity contribution in [3.63, 3.8) is 0 Å². The van der Waals surface area contributed by atoms with Gasteiger partial charge >= 0.3 is 5.97 Å². The third kappa shape index (κ3) is 6.07. The summed E-state index contributed by atoms with van der Waals surface area (Å²) in [7, 11) is 0. The number of para-hydroxylation sites is 1. The van der Waals surface area contributed by atoms with E-state index in [1.54, 1.807) is 4.52 Å². The molecule has 1 saturated heterocycles. The fourth-order valence-corrected chi connectivity index (χ4v) is 5.99. The molecular weight excluding hydrogens is 556 g/mol. The third-order valence-corrected chi connectivity index (χ3v) is 8.27. The molecule has 2 aromatic heterocycles. The van der Waals surface area contributed by atoms with E-state index in [1.165, 1.54) is 0 Å². The summed E-state index contributed by atoms with van der Waals surface area (Å²) in [5, 5.41) is 15.5. The van der Waals surface area contributed by atoms with Gasteiger partial charge in [-0.1, -0.05) is 42.5 Å². The van der Waals surface area contributed by atoms with Gasteiger partial charge in [0.25, 0.3) is 0 Å². The number of rotatable bonds is 3. The van der Waals surface area contributed by atoms with Gasteiger partial charge in [0.1, 0.15) is 18.2 Å². The highest BCUT2D eigenvalue weighted by Gasteiger charge is 2.37. The second-order valence-corrected chi connectivity index (χ2v) is 12.8. The smallest absolute Gasteiger partial charge is 0.337 e. The first kappa shape index (κ1) is 29.8. The lowest BCUT2D eigenvalue weighted by molar-refractivity contribution is -0.160. The molecular formula is C35H40N4O5. The maximum atomic E-state index is 12.7. The molecule has 6 bridgehead atoms. The lowest BCUT2D eigenvalue weighted by atomic mass is 9.92. The zero-order chi connectivity index (χ0) is 31.1. The van der Waals surface area contributed by atoms with Crippen LogP contribution in [0, 0.1) is 6.92 Å². The average Bonchev–Trinajstić information content (AvgIpc) is 3.41. The first-order valence-electron chi connectivity index (χ1n) is 15.2. The number of carboxylic acid groups (broad SMARTS) is 1. The molecule has 2 aromatic carbocycles. The summed E-state index contributed by atoms with van der Waals surface area (Å²) in [4.78, 5) is 19.8. The van der Waals surface area contributed by atoms with Gasteiger partial charge in [-0.15, -0.1) is 0 Å². The molecule has 44 heavy (non-hydrogen) atoms. The Kier molecular flexibility index (Phi) is 7.94. The van der Waals surface area contributed by atoms with Crippen LogP contribution in [0.4, 0.5) is 5.82 Å². The van der Waals surface area contributed by atoms with Crippen LogP contribution in [0.3, 0.4) is 0 Å². The quantitative estimate of drug-likeness (QED) is 0.263. The molecule has 4 aromatic rings. The number of carboxylic acids is 1. The van der Waals surface area contributed by atoms with Crippen molar-refractivity contribution in [2.45, 2.75) is 64.8 Å². The molecule has 5 heterocycles. The molecule has 0 spiro atoms. The van der Waals surface area contributed by atoms with Crippen molar-refractivity contribution in [2.24, 2.45) is 0 Å². The number of ether oxygens (including phenoxy) is 3.